The summed E-state index contributed by atoms with van der Waals surface area (Å²) in [5.74, 6) is -2.02. The highest BCUT2D eigenvalue weighted by atomic mass is 35.5. The average Bonchev–Trinajstić information content (AvgIpc) is 2.91. The Morgan fingerprint density at radius 1 is 1.09 bits per heavy atom. The molecule has 0 atom stereocenters. The number of hydrogen-bond acceptors (Lipinski definition) is 2. The molecular formula is C16H10ClFN2O2. The van der Waals surface area contributed by atoms with E-state index in [1.54, 1.807) is 24.3 Å². The number of carbonyl (C=O) groups excluding carboxylic acids is 2. The normalized spacial score (nSPS) is 10.6. The molecule has 1 aromatic heterocycles. The molecule has 0 spiro atoms. The van der Waals surface area contributed by atoms with E-state index in [0.29, 0.717) is 21.6 Å². The van der Waals surface area contributed by atoms with Crippen LogP contribution in [0.25, 0.3) is 10.9 Å². The summed E-state index contributed by atoms with van der Waals surface area (Å²) in [5.41, 5.74) is 1.17. The lowest BCUT2D eigenvalue weighted by atomic mass is 10.1. The van der Waals surface area contributed by atoms with Gasteiger partial charge in [0.15, 0.2) is 0 Å². The second-order valence-corrected chi connectivity index (χ2v) is 5.12. The first-order chi connectivity index (χ1) is 10.5. The van der Waals surface area contributed by atoms with Crippen molar-refractivity contribution in [3.8, 4) is 0 Å². The number of ketones is 1. The lowest BCUT2D eigenvalue weighted by Gasteiger charge is -2.04. The number of nitrogens with one attached hydrogen (secondary N) is 2. The number of hydrogen-bond donors (Lipinski definition) is 2. The number of Topliss-reactive ketones (excluding diaryl/α,β-unsaturated/α-hetero) is 1. The van der Waals surface area contributed by atoms with Gasteiger partial charge in [0.2, 0.25) is 0 Å². The molecular weight excluding hydrogens is 307 g/mol. The fourth-order valence-electron chi connectivity index (χ4n) is 2.12. The molecule has 0 unspecified atom stereocenters. The molecule has 1 amide bonds. The third kappa shape index (κ3) is 2.71. The molecule has 0 saturated heterocycles. The van der Waals surface area contributed by atoms with E-state index in [1.807, 2.05) is 0 Å². The standard InChI is InChI=1S/C16H10ClFN2O2/c17-9-1-4-11(5-2-9)20-16(22)15(21)13-8-19-14-6-3-10(18)7-12(13)14/h1-8,19H,(H,20,22). The number of anilines is 1. The number of amides is 1. The molecule has 0 saturated carbocycles. The molecule has 6 heteroatoms. The average molecular weight is 317 g/mol. The fraction of sp³-hybridized carbons (Fsp3) is 0. The molecule has 0 bridgehead atoms. The van der Waals surface area contributed by atoms with Crippen LogP contribution in [0.4, 0.5) is 10.1 Å². The summed E-state index contributed by atoms with van der Waals surface area (Å²) in [6.45, 7) is 0. The van der Waals surface area contributed by atoms with Gasteiger partial charge >= 0.3 is 0 Å². The molecule has 22 heavy (non-hydrogen) atoms. The van der Waals surface area contributed by atoms with Gasteiger partial charge < -0.3 is 10.3 Å². The van der Waals surface area contributed by atoms with Crippen LogP contribution in [0, 0.1) is 5.82 Å². The SMILES string of the molecule is O=C(Nc1ccc(Cl)cc1)C(=O)c1c[nH]c2ccc(F)cc12. The maximum absolute atomic E-state index is 13.3. The summed E-state index contributed by atoms with van der Waals surface area (Å²) in [6.07, 6.45) is 1.40. The number of rotatable bonds is 3. The van der Waals surface area contributed by atoms with Crippen molar-refractivity contribution < 1.29 is 14.0 Å². The van der Waals surface area contributed by atoms with Crippen molar-refractivity contribution in [3.63, 3.8) is 0 Å². The number of fused-ring (bicyclic) bond motifs is 1. The van der Waals surface area contributed by atoms with Gasteiger partial charge in [-0.25, -0.2) is 4.39 Å². The largest absolute Gasteiger partial charge is 0.360 e. The number of aromatic amines is 1. The van der Waals surface area contributed by atoms with Crippen LogP contribution < -0.4 is 5.32 Å². The summed E-state index contributed by atoms with van der Waals surface area (Å²) in [5, 5.41) is 3.38. The Morgan fingerprint density at radius 3 is 2.55 bits per heavy atom. The van der Waals surface area contributed by atoms with Gasteiger partial charge in [-0.05, 0) is 42.5 Å². The monoisotopic (exact) mass is 316 g/mol. The summed E-state index contributed by atoms with van der Waals surface area (Å²) in [6, 6.07) is 10.4. The van der Waals surface area contributed by atoms with Gasteiger partial charge in [0, 0.05) is 27.8 Å². The molecule has 2 N–H and O–H groups in total. The van der Waals surface area contributed by atoms with Crippen LogP contribution in [0.1, 0.15) is 10.4 Å². The van der Waals surface area contributed by atoms with Gasteiger partial charge in [-0.3, -0.25) is 9.59 Å². The zero-order valence-corrected chi connectivity index (χ0v) is 11.9. The minimum absolute atomic E-state index is 0.126. The highest BCUT2D eigenvalue weighted by Crippen LogP contribution is 2.20. The van der Waals surface area contributed by atoms with Crippen molar-refractivity contribution in [2.75, 3.05) is 5.32 Å². The van der Waals surface area contributed by atoms with E-state index >= 15 is 0 Å². The van der Waals surface area contributed by atoms with Crippen molar-refractivity contribution >= 4 is 39.9 Å². The van der Waals surface area contributed by atoms with Crippen LogP contribution in [-0.2, 0) is 4.79 Å². The summed E-state index contributed by atoms with van der Waals surface area (Å²) in [4.78, 5) is 27.1. The molecule has 110 valence electrons. The molecule has 1 heterocycles. The maximum atomic E-state index is 13.3. The van der Waals surface area contributed by atoms with Gasteiger partial charge in [-0.15, -0.1) is 0 Å². The Kier molecular flexibility index (Phi) is 3.65. The van der Waals surface area contributed by atoms with Gasteiger partial charge in [0.1, 0.15) is 5.82 Å². The first-order valence-corrected chi connectivity index (χ1v) is 6.80. The summed E-state index contributed by atoms with van der Waals surface area (Å²) >= 11 is 5.75. The predicted octanol–water partition coefficient (Wildman–Crippen LogP) is 3.78. The smallest absolute Gasteiger partial charge is 0.296 e. The van der Waals surface area contributed by atoms with Gasteiger partial charge in [0.05, 0.1) is 5.56 Å². The van der Waals surface area contributed by atoms with E-state index in [9.17, 15) is 14.0 Å². The van der Waals surface area contributed by atoms with E-state index in [-0.39, 0.29) is 5.56 Å². The Hall–Kier alpha value is -2.66. The Morgan fingerprint density at radius 2 is 1.82 bits per heavy atom. The Bertz CT molecular complexity index is 871. The van der Waals surface area contributed by atoms with Crippen LogP contribution >= 0.6 is 11.6 Å². The molecule has 0 radical (unpaired) electrons. The van der Waals surface area contributed by atoms with Crippen molar-refractivity contribution in [3.05, 3.63) is 65.1 Å². The van der Waals surface area contributed by atoms with E-state index in [0.717, 1.165) is 0 Å². The number of H-pyrrole nitrogens is 1. The van der Waals surface area contributed by atoms with Crippen LogP contribution in [0.3, 0.4) is 0 Å². The van der Waals surface area contributed by atoms with Crippen molar-refractivity contribution in [2.24, 2.45) is 0 Å². The molecule has 0 aliphatic rings. The molecule has 2 aromatic carbocycles. The highest BCUT2D eigenvalue weighted by molar-refractivity contribution is 6.48. The second-order valence-electron chi connectivity index (χ2n) is 4.68. The van der Waals surface area contributed by atoms with Gasteiger partial charge in [0.25, 0.3) is 11.7 Å². The van der Waals surface area contributed by atoms with E-state index in [1.165, 1.54) is 24.4 Å². The maximum Gasteiger partial charge on any atom is 0.296 e. The number of aromatic nitrogens is 1. The molecule has 4 nitrogen and oxygen atoms in total. The first-order valence-electron chi connectivity index (χ1n) is 6.42. The lowest BCUT2D eigenvalue weighted by molar-refractivity contribution is -0.112. The quantitative estimate of drug-likeness (QED) is 0.570. The Labute approximate surface area is 129 Å². The van der Waals surface area contributed by atoms with Gasteiger partial charge in [-0.1, -0.05) is 11.6 Å². The van der Waals surface area contributed by atoms with E-state index < -0.39 is 17.5 Å². The number of benzene rings is 2. The third-order valence-corrected chi connectivity index (χ3v) is 3.45. The lowest BCUT2D eigenvalue weighted by Crippen LogP contribution is -2.22. The molecule has 3 rings (SSSR count). The minimum Gasteiger partial charge on any atom is -0.360 e. The van der Waals surface area contributed by atoms with E-state index in [2.05, 4.69) is 10.3 Å². The van der Waals surface area contributed by atoms with Crippen LogP contribution in [0.5, 0.6) is 0 Å². The van der Waals surface area contributed by atoms with E-state index in [4.69, 9.17) is 11.6 Å². The highest BCUT2D eigenvalue weighted by Gasteiger charge is 2.20. The summed E-state index contributed by atoms with van der Waals surface area (Å²) in [7, 11) is 0. The molecule has 0 aliphatic carbocycles. The number of halogens is 2. The first kappa shape index (κ1) is 14.3. The molecule has 0 fully saturated rings. The van der Waals surface area contributed by atoms with Crippen LogP contribution in [0.2, 0.25) is 5.02 Å². The topological polar surface area (TPSA) is 62.0 Å². The van der Waals surface area contributed by atoms with Crippen LogP contribution in [0.15, 0.2) is 48.7 Å². The third-order valence-electron chi connectivity index (χ3n) is 3.20. The van der Waals surface area contributed by atoms with Crippen LogP contribution in [-0.4, -0.2) is 16.7 Å². The summed E-state index contributed by atoms with van der Waals surface area (Å²) < 4.78 is 13.3. The Balaban J connectivity index is 1.87. The minimum atomic E-state index is -0.799. The molecule has 0 aliphatic heterocycles. The zero-order valence-electron chi connectivity index (χ0n) is 11.2. The second kappa shape index (κ2) is 5.61. The van der Waals surface area contributed by atoms with Gasteiger partial charge in [-0.2, -0.15) is 0 Å². The fourth-order valence-corrected chi connectivity index (χ4v) is 2.25. The van der Waals surface area contributed by atoms with Crippen molar-refractivity contribution in [2.45, 2.75) is 0 Å². The zero-order chi connectivity index (χ0) is 15.7. The predicted molar refractivity (Wildman–Crippen MR) is 82.7 cm³/mol. The van der Waals surface area contributed by atoms with Crippen molar-refractivity contribution in [1.29, 1.82) is 0 Å². The molecule has 3 aromatic rings. The van der Waals surface area contributed by atoms with Crippen molar-refractivity contribution in [1.82, 2.24) is 4.98 Å². The number of carbonyl (C=O) groups is 2.